The van der Waals surface area contributed by atoms with Crippen molar-refractivity contribution < 1.29 is 8.42 Å². The second-order valence-corrected chi connectivity index (χ2v) is 7.44. The molecule has 2 unspecified atom stereocenters. The van der Waals surface area contributed by atoms with E-state index < -0.39 is 10.0 Å². The maximum absolute atomic E-state index is 12.9. The highest BCUT2D eigenvalue weighted by molar-refractivity contribution is 7.89. The third kappa shape index (κ3) is 2.62. The molecule has 0 amide bonds. The molecule has 0 saturated carbocycles. The molecule has 20 heavy (non-hydrogen) atoms. The van der Waals surface area contributed by atoms with Crippen LogP contribution in [0.3, 0.4) is 0 Å². The molecule has 1 aromatic rings. The van der Waals surface area contributed by atoms with Crippen molar-refractivity contribution in [3.63, 3.8) is 0 Å². The van der Waals surface area contributed by atoms with Gasteiger partial charge in [0.25, 0.3) is 0 Å². The summed E-state index contributed by atoms with van der Waals surface area (Å²) in [5.74, 6) is 0. The van der Waals surface area contributed by atoms with Gasteiger partial charge in [-0.2, -0.15) is 4.31 Å². The van der Waals surface area contributed by atoms with Crippen LogP contribution in [0.1, 0.15) is 44.2 Å². The molecule has 5 heteroatoms. The first-order chi connectivity index (χ1) is 9.41. The average Bonchev–Trinajstić information content (AvgIpc) is 2.80. The van der Waals surface area contributed by atoms with Crippen LogP contribution in [0.2, 0.25) is 0 Å². The number of hydrogen-bond donors (Lipinski definition) is 1. The summed E-state index contributed by atoms with van der Waals surface area (Å²) < 4.78 is 27.6. The molecule has 1 aromatic carbocycles. The summed E-state index contributed by atoms with van der Waals surface area (Å²) >= 11 is 0. The van der Waals surface area contributed by atoms with Gasteiger partial charge >= 0.3 is 0 Å². The molecular weight excluding hydrogens is 272 g/mol. The van der Waals surface area contributed by atoms with Gasteiger partial charge in [0.05, 0.1) is 4.90 Å². The highest BCUT2D eigenvalue weighted by Crippen LogP contribution is 2.33. The van der Waals surface area contributed by atoms with E-state index in [9.17, 15) is 8.42 Å². The zero-order valence-corrected chi connectivity index (χ0v) is 13.3. The van der Waals surface area contributed by atoms with Crippen LogP contribution in [0.15, 0.2) is 23.1 Å². The Labute approximate surface area is 122 Å². The molecule has 112 valence electrons. The summed E-state index contributed by atoms with van der Waals surface area (Å²) in [5.41, 5.74) is 7.35. The van der Waals surface area contributed by atoms with E-state index in [2.05, 4.69) is 6.92 Å². The van der Waals surface area contributed by atoms with Gasteiger partial charge in [-0.25, -0.2) is 8.42 Å². The average molecular weight is 296 g/mol. The highest BCUT2D eigenvalue weighted by atomic mass is 32.2. The topological polar surface area (TPSA) is 63.4 Å². The largest absolute Gasteiger partial charge is 0.326 e. The Kier molecular flexibility index (Phi) is 4.52. The molecular formula is C15H24N2O2S. The molecule has 2 N–H and O–H groups in total. The Bertz CT molecular complexity index is 584. The van der Waals surface area contributed by atoms with Crippen LogP contribution in [0.5, 0.6) is 0 Å². The SMILES string of the molecule is CCC1CCC(C)N1S(=O)(=O)c1ccc(CN)cc1C. The summed E-state index contributed by atoms with van der Waals surface area (Å²) in [7, 11) is -3.41. The predicted molar refractivity (Wildman–Crippen MR) is 80.9 cm³/mol. The minimum Gasteiger partial charge on any atom is -0.326 e. The van der Waals surface area contributed by atoms with E-state index in [1.807, 2.05) is 26.0 Å². The van der Waals surface area contributed by atoms with Crippen LogP contribution in [-0.4, -0.2) is 24.8 Å². The number of nitrogens with zero attached hydrogens (tertiary/aromatic N) is 1. The third-order valence-electron chi connectivity index (χ3n) is 4.21. The normalized spacial score (nSPS) is 24.2. The van der Waals surface area contributed by atoms with E-state index in [0.717, 1.165) is 30.4 Å². The molecule has 0 aromatic heterocycles. The zero-order valence-electron chi connectivity index (χ0n) is 12.5. The van der Waals surface area contributed by atoms with Gasteiger partial charge in [-0.1, -0.05) is 19.1 Å². The van der Waals surface area contributed by atoms with Crippen LogP contribution in [0.4, 0.5) is 0 Å². The summed E-state index contributed by atoms with van der Waals surface area (Å²) in [6, 6.07) is 5.59. The van der Waals surface area contributed by atoms with Gasteiger partial charge < -0.3 is 5.73 Å². The first-order valence-corrected chi connectivity index (χ1v) is 8.69. The van der Waals surface area contributed by atoms with Crippen molar-refractivity contribution in [3.05, 3.63) is 29.3 Å². The van der Waals surface area contributed by atoms with Crippen molar-refractivity contribution in [3.8, 4) is 0 Å². The van der Waals surface area contributed by atoms with Crippen LogP contribution in [0.25, 0.3) is 0 Å². The van der Waals surface area contributed by atoms with Crippen molar-refractivity contribution in [2.45, 2.75) is 63.6 Å². The van der Waals surface area contributed by atoms with Crippen molar-refractivity contribution in [1.82, 2.24) is 4.31 Å². The summed E-state index contributed by atoms with van der Waals surface area (Å²) in [4.78, 5) is 0.418. The van der Waals surface area contributed by atoms with Crippen LogP contribution >= 0.6 is 0 Å². The summed E-state index contributed by atoms with van der Waals surface area (Å²) in [6.07, 6.45) is 2.76. The minimum absolute atomic E-state index is 0.0820. The molecule has 0 spiro atoms. The molecule has 1 saturated heterocycles. The fraction of sp³-hybridized carbons (Fsp3) is 0.600. The number of nitrogens with two attached hydrogens (primary N) is 1. The smallest absolute Gasteiger partial charge is 0.243 e. The van der Waals surface area contributed by atoms with E-state index in [1.165, 1.54) is 0 Å². The van der Waals surface area contributed by atoms with E-state index in [0.29, 0.717) is 11.4 Å². The number of aryl methyl sites for hydroxylation is 1. The van der Waals surface area contributed by atoms with Gasteiger partial charge in [0, 0.05) is 18.6 Å². The van der Waals surface area contributed by atoms with Crippen LogP contribution in [-0.2, 0) is 16.6 Å². The van der Waals surface area contributed by atoms with Crippen molar-refractivity contribution in [2.24, 2.45) is 5.73 Å². The maximum atomic E-state index is 12.9. The lowest BCUT2D eigenvalue weighted by Crippen LogP contribution is -2.39. The maximum Gasteiger partial charge on any atom is 0.243 e. The molecule has 0 bridgehead atoms. The Morgan fingerprint density at radius 3 is 2.60 bits per heavy atom. The molecule has 2 atom stereocenters. The lowest BCUT2D eigenvalue weighted by atomic mass is 10.1. The van der Waals surface area contributed by atoms with Gasteiger partial charge in [0.2, 0.25) is 10.0 Å². The molecule has 2 rings (SSSR count). The zero-order chi connectivity index (χ0) is 14.9. The molecule has 1 aliphatic rings. The van der Waals surface area contributed by atoms with Crippen molar-refractivity contribution in [2.75, 3.05) is 0 Å². The van der Waals surface area contributed by atoms with E-state index >= 15 is 0 Å². The molecule has 1 aliphatic heterocycles. The van der Waals surface area contributed by atoms with Gasteiger partial charge in [-0.15, -0.1) is 0 Å². The molecule has 0 aliphatic carbocycles. The van der Waals surface area contributed by atoms with Gasteiger partial charge in [0.1, 0.15) is 0 Å². The lowest BCUT2D eigenvalue weighted by Gasteiger charge is -2.27. The van der Waals surface area contributed by atoms with Gasteiger partial charge in [-0.3, -0.25) is 0 Å². The Morgan fingerprint density at radius 1 is 1.35 bits per heavy atom. The number of rotatable bonds is 4. The van der Waals surface area contributed by atoms with Gasteiger partial charge in [-0.05, 0) is 50.3 Å². The Balaban J connectivity index is 2.44. The fourth-order valence-electron chi connectivity index (χ4n) is 3.11. The van der Waals surface area contributed by atoms with Crippen LogP contribution < -0.4 is 5.73 Å². The highest BCUT2D eigenvalue weighted by Gasteiger charge is 2.39. The first-order valence-electron chi connectivity index (χ1n) is 7.25. The quantitative estimate of drug-likeness (QED) is 0.928. The summed E-state index contributed by atoms with van der Waals surface area (Å²) in [5, 5.41) is 0. The monoisotopic (exact) mass is 296 g/mol. The third-order valence-corrected chi connectivity index (χ3v) is 6.44. The number of benzene rings is 1. The second-order valence-electron chi connectivity index (χ2n) is 5.63. The van der Waals surface area contributed by atoms with Crippen molar-refractivity contribution in [1.29, 1.82) is 0 Å². The number of hydrogen-bond acceptors (Lipinski definition) is 3. The molecule has 1 fully saturated rings. The molecule has 4 nitrogen and oxygen atoms in total. The first kappa shape index (κ1) is 15.5. The van der Waals surface area contributed by atoms with Gasteiger partial charge in [0.15, 0.2) is 0 Å². The summed E-state index contributed by atoms with van der Waals surface area (Å²) in [6.45, 7) is 6.32. The van der Waals surface area contributed by atoms with Crippen LogP contribution in [0, 0.1) is 6.92 Å². The Hall–Kier alpha value is -0.910. The van der Waals surface area contributed by atoms with Crippen molar-refractivity contribution >= 4 is 10.0 Å². The molecule has 0 radical (unpaired) electrons. The standard InChI is InChI=1S/C15H24N2O2S/c1-4-14-7-5-12(3)17(14)20(18,19)15-8-6-13(10-16)9-11(15)2/h6,8-9,12,14H,4-5,7,10,16H2,1-3H3. The predicted octanol–water partition coefficient (Wildman–Crippen LogP) is 2.41. The Morgan fingerprint density at radius 2 is 2.05 bits per heavy atom. The van der Waals surface area contributed by atoms with E-state index in [-0.39, 0.29) is 12.1 Å². The van der Waals surface area contributed by atoms with E-state index in [1.54, 1.807) is 10.4 Å². The number of sulfonamides is 1. The fourth-order valence-corrected chi connectivity index (χ4v) is 5.27. The lowest BCUT2D eigenvalue weighted by molar-refractivity contribution is 0.328. The van der Waals surface area contributed by atoms with E-state index in [4.69, 9.17) is 5.73 Å². The second kappa shape index (κ2) is 5.84. The molecule has 1 heterocycles. The minimum atomic E-state index is -3.41.